The molecule has 3 rings (SSSR count). The van der Waals surface area contributed by atoms with Crippen LogP contribution >= 0.6 is 11.6 Å². The first-order chi connectivity index (χ1) is 17.2. The summed E-state index contributed by atoms with van der Waals surface area (Å²) in [6.45, 7) is 3.53. The summed E-state index contributed by atoms with van der Waals surface area (Å²) in [4.78, 5) is 34.9. The number of methoxy groups -OCH3 is 1. The van der Waals surface area contributed by atoms with E-state index in [9.17, 15) is 19.7 Å². The predicted octanol–water partition coefficient (Wildman–Crippen LogP) is 4.66. The zero-order valence-electron chi connectivity index (χ0n) is 19.7. The summed E-state index contributed by atoms with van der Waals surface area (Å²) < 4.78 is 10.9. The number of nitro benzene ring substituents is 1. The van der Waals surface area contributed by atoms with Gasteiger partial charge in [0.1, 0.15) is 0 Å². The zero-order chi connectivity index (χ0) is 26.2. The highest BCUT2D eigenvalue weighted by molar-refractivity contribution is 6.32. The topological polar surface area (TPSA) is 132 Å². The SMILES string of the molecule is COc1cc(/C=N/NC(=O)c2cccc([N+](=O)[O-])c2)cc(Cl)c1OCC(=O)Nc1cc(C)ccc1C. The van der Waals surface area contributed by atoms with Gasteiger partial charge in [0.2, 0.25) is 0 Å². The Balaban J connectivity index is 1.65. The van der Waals surface area contributed by atoms with Crippen molar-refractivity contribution in [1.29, 1.82) is 0 Å². The van der Waals surface area contributed by atoms with Crippen LogP contribution in [0, 0.1) is 24.0 Å². The largest absolute Gasteiger partial charge is 0.493 e. The third-order valence-corrected chi connectivity index (χ3v) is 5.25. The van der Waals surface area contributed by atoms with Crippen molar-refractivity contribution in [3.8, 4) is 11.5 Å². The van der Waals surface area contributed by atoms with E-state index in [1.807, 2.05) is 32.0 Å². The molecule has 36 heavy (non-hydrogen) atoms. The van der Waals surface area contributed by atoms with E-state index in [2.05, 4.69) is 15.8 Å². The molecule has 2 N–H and O–H groups in total. The average Bonchev–Trinajstić information content (AvgIpc) is 2.85. The third kappa shape index (κ3) is 6.80. The van der Waals surface area contributed by atoms with Crippen molar-refractivity contribution in [1.82, 2.24) is 5.43 Å². The number of nitro groups is 1. The molecule has 11 heteroatoms. The molecule has 0 aliphatic rings. The molecule has 0 saturated heterocycles. The van der Waals surface area contributed by atoms with Gasteiger partial charge in [-0.05, 0) is 54.8 Å². The van der Waals surface area contributed by atoms with Gasteiger partial charge in [-0.3, -0.25) is 19.7 Å². The quantitative estimate of drug-likeness (QED) is 0.244. The van der Waals surface area contributed by atoms with Gasteiger partial charge in [0, 0.05) is 23.4 Å². The number of rotatable bonds is 9. The van der Waals surface area contributed by atoms with Crippen LogP contribution in [0.1, 0.15) is 27.0 Å². The molecule has 0 fully saturated rings. The molecule has 0 aromatic heterocycles. The minimum absolute atomic E-state index is 0.0832. The van der Waals surface area contributed by atoms with Gasteiger partial charge >= 0.3 is 0 Å². The summed E-state index contributed by atoms with van der Waals surface area (Å²) in [6.07, 6.45) is 1.32. The third-order valence-electron chi connectivity index (χ3n) is 4.97. The highest BCUT2D eigenvalue weighted by Gasteiger charge is 2.15. The van der Waals surface area contributed by atoms with Crippen molar-refractivity contribution in [2.45, 2.75) is 13.8 Å². The van der Waals surface area contributed by atoms with Gasteiger partial charge in [0.25, 0.3) is 17.5 Å². The van der Waals surface area contributed by atoms with E-state index in [1.165, 1.54) is 37.6 Å². The summed E-state index contributed by atoms with van der Waals surface area (Å²) in [6, 6.07) is 14.1. The molecule has 0 bridgehead atoms. The van der Waals surface area contributed by atoms with Crippen molar-refractivity contribution >= 4 is 41.0 Å². The second kappa shape index (κ2) is 11.8. The number of aryl methyl sites for hydroxylation is 2. The number of anilines is 1. The zero-order valence-corrected chi connectivity index (χ0v) is 20.5. The molecule has 0 aliphatic carbocycles. The van der Waals surface area contributed by atoms with Crippen LogP contribution in [0.2, 0.25) is 5.02 Å². The van der Waals surface area contributed by atoms with Crippen molar-refractivity contribution in [3.63, 3.8) is 0 Å². The van der Waals surface area contributed by atoms with E-state index in [0.29, 0.717) is 11.3 Å². The smallest absolute Gasteiger partial charge is 0.271 e. The first-order valence-corrected chi connectivity index (χ1v) is 11.0. The molecule has 0 atom stereocenters. The molecule has 10 nitrogen and oxygen atoms in total. The van der Waals surface area contributed by atoms with Gasteiger partial charge in [0.15, 0.2) is 18.1 Å². The van der Waals surface area contributed by atoms with Crippen molar-refractivity contribution in [2.24, 2.45) is 5.10 Å². The van der Waals surface area contributed by atoms with E-state index in [-0.39, 0.29) is 40.3 Å². The fraction of sp³-hybridized carbons (Fsp3) is 0.160. The van der Waals surface area contributed by atoms with Gasteiger partial charge in [-0.15, -0.1) is 0 Å². The Bertz CT molecular complexity index is 1340. The molecule has 186 valence electrons. The number of benzene rings is 3. The molecule has 3 aromatic rings. The number of hydrogen-bond donors (Lipinski definition) is 2. The average molecular weight is 511 g/mol. The van der Waals surface area contributed by atoms with Crippen molar-refractivity contribution in [2.75, 3.05) is 19.0 Å². The number of nitrogens with zero attached hydrogens (tertiary/aromatic N) is 2. The predicted molar refractivity (Wildman–Crippen MR) is 136 cm³/mol. The summed E-state index contributed by atoms with van der Waals surface area (Å²) in [7, 11) is 1.42. The Morgan fingerprint density at radius 2 is 1.92 bits per heavy atom. The monoisotopic (exact) mass is 510 g/mol. The van der Waals surface area contributed by atoms with Crippen LogP contribution in [-0.4, -0.2) is 36.7 Å². The maximum atomic E-state index is 12.4. The lowest BCUT2D eigenvalue weighted by molar-refractivity contribution is -0.384. The second-order valence-corrected chi connectivity index (χ2v) is 8.10. The van der Waals surface area contributed by atoms with Gasteiger partial charge in [-0.1, -0.05) is 29.8 Å². The minimum Gasteiger partial charge on any atom is -0.493 e. The molecule has 0 saturated carbocycles. The number of non-ortho nitro benzene ring substituents is 1. The summed E-state index contributed by atoms with van der Waals surface area (Å²) in [5.74, 6) is -0.555. The van der Waals surface area contributed by atoms with E-state index in [0.717, 1.165) is 17.2 Å². The standard InChI is InChI=1S/C25H23ClN4O6/c1-15-7-8-16(2)21(9-15)28-23(31)14-36-24-20(26)10-17(11-22(24)35-3)13-27-29-25(32)18-5-4-6-19(12-18)30(33)34/h4-13H,14H2,1-3H3,(H,28,31)(H,29,32)/b27-13+. The summed E-state index contributed by atoms with van der Waals surface area (Å²) in [5, 5.41) is 17.7. The Morgan fingerprint density at radius 3 is 2.64 bits per heavy atom. The maximum absolute atomic E-state index is 12.4. The van der Waals surface area contributed by atoms with Gasteiger partial charge in [0.05, 0.1) is 23.3 Å². The molecule has 0 unspecified atom stereocenters. The molecule has 2 amide bonds. The Morgan fingerprint density at radius 1 is 1.14 bits per heavy atom. The Kier molecular flexibility index (Phi) is 8.58. The minimum atomic E-state index is -0.622. The van der Waals surface area contributed by atoms with E-state index >= 15 is 0 Å². The lowest BCUT2D eigenvalue weighted by Crippen LogP contribution is -2.21. The molecule has 0 radical (unpaired) electrons. The van der Waals surface area contributed by atoms with Crippen LogP contribution in [0.3, 0.4) is 0 Å². The van der Waals surface area contributed by atoms with E-state index in [4.69, 9.17) is 21.1 Å². The van der Waals surface area contributed by atoms with Crippen molar-refractivity contribution in [3.05, 3.63) is 92.0 Å². The van der Waals surface area contributed by atoms with E-state index in [1.54, 1.807) is 6.07 Å². The fourth-order valence-corrected chi connectivity index (χ4v) is 3.41. The highest BCUT2D eigenvalue weighted by atomic mass is 35.5. The Hall–Kier alpha value is -4.44. The van der Waals surface area contributed by atoms with Crippen LogP contribution in [0.5, 0.6) is 11.5 Å². The number of carbonyl (C=O) groups is 2. The highest BCUT2D eigenvalue weighted by Crippen LogP contribution is 2.36. The number of nitrogens with one attached hydrogen (secondary N) is 2. The molecule has 3 aromatic carbocycles. The van der Waals surface area contributed by atoms with Crippen LogP contribution < -0.4 is 20.2 Å². The van der Waals surface area contributed by atoms with Crippen LogP contribution in [-0.2, 0) is 4.79 Å². The Labute approximate surface area is 212 Å². The van der Waals surface area contributed by atoms with Crippen LogP contribution in [0.15, 0.2) is 59.7 Å². The van der Waals surface area contributed by atoms with Gasteiger partial charge in [-0.25, -0.2) is 5.43 Å². The van der Waals surface area contributed by atoms with Gasteiger partial charge < -0.3 is 14.8 Å². The molecule has 0 aliphatic heterocycles. The summed E-state index contributed by atoms with van der Waals surface area (Å²) >= 11 is 6.34. The normalized spacial score (nSPS) is 10.7. The number of ether oxygens (including phenoxy) is 2. The second-order valence-electron chi connectivity index (χ2n) is 7.70. The van der Waals surface area contributed by atoms with Crippen LogP contribution in [0.25, 0.3) is 0 Å². The first kappa shape index (κ1) is 26.2. The summed E-state index contributed by atoms with van der Waals surface area (Å²) in [5.41, 5.74) is 5.28. The number of hydrazone groups is 1. The molecule has 0 spiro atoms. The lowest BCUT2D eigenvalue weighted by Gasteiger charge is -2.14. The lowest BCUT2D eigenvalue weighted by atomic mass is 10.1. The first-order valence-electron chi connectivity index (χ1n) is 10.6. The van der Waals surface area contributed by atoms with E-state index < -0.39 is 10.8 Å². The fourth-order valence-electron chi connectivity index (χ4n) is 3.14. The number of amides is 2. The molecular weight excluding hydrogens is 488 g/mol. The van der Waals surface area contributed by atoms with Crippen LogP contribution in [0.4, 0.5) is 11.4 Å². The maximum Gasteiger partial charge on any atom is 0.271 e. The number of carbonyl (C=O) groups excluding carboxylic acids is 2. The van der Waals surface area contributed by atoms with Crippen molar-refractivity contribution < 1.29 is 24.0 Å². The van der Waals surface area contributed by atoms with Gasteiger partial charge in [-0.2, -0.15) is 5.10 Å². The number of halogens is 1. The molecular formula is C25H23ClN4O6. The number of hydrogen-bond acceptors (Lipinski definition) is 7. The molecule has 0 heterocycles.